The van der Waals surface area contributed by atoms with Crippen molar-refractivity contribution in [2.24, 2.45) is 0 Å². The van der Waals surface area contributed by atoms with Gasteiger partial charge in [-0.1, -0.05) is 27.7 Å². The zero-order chi connectivity index (χ0) is 12.5. The van der Waals surface area contributed by atoms with Crippen LogP contribution >= 0.6 is 0 Å². The van der Waals surface area contributed by atoms with Crippen molar-refractivity contribution in [1.82, 2.24) is 0 Å². The highest BCUT2D eigenvalue weighted by Gasteiger charge is 2.15. The van der Waals surface area contributed by atoms with Crippen LogP contribution in [0.15, 0.2) is 12.1 Å². The molecule has 0 aliphatic rings. The maximum absolute atomic E-state index is 13.9. The van der Waals surface area contributed by atoms with Crippen LogP contribution < -0.4 is 4.90 Å². The number of benzene rings is 1. The summed E-state index contributed by atoms with van der Waals surface area (Å²) in [5.41, 5.74) is 3.05. The Labute approximate surface area is 98.3 Å². The minimum atomic E-state index is -0.127. The van der Waals surface area contributed by atoms with E-state index in [-0.39, 0.29) is 5.82 Å². The molecule has 0 saturated carbocycles. The first-order valence-corrected chi connectivity index (χ1v) is 5.85. The van der Waals surface area contributed by atoms with Gasteiger partial charge >= 0.3 is 0 Å². The fourth-order valence-electron chi connectivity index (χ4n) is 1.94. The van der Waals surface area contributed by atoms with E-state index in [1.54, 1.807) is 6.07 Å². The van der Waals surface area contributed by atoms with Gasteiger partial charge in [0.1, 0.15) is 5.82 Å². The Balaban J connectivity index is 3.37. The predicted molar refractivity (Wildman–Crippen MR) is 68.9 cm³/mol. The summed E-state index contributed by atoms with van der Waals surface area (Å²) in [5, 5.41) is 0. The highest BCUT2D eigenvalue weighted by Crippen LogP contribution is 2.31. The normalized spacial score (nSPS) is 11.3. The Morgan fingerprint density at radius 2 is 1.38 bits per heavy atom. The highest BCUT2D eigenvalue weighted by atomic mass is 19.1. The SMILES string of the molecule is CC(C)c1cc(F)c(N(C)C)cc1C(C)C. The van der Waals surface area contributed by atoms with Gasteiger partial charge in [-0.2, -0.15) is 0 Å². The van der Waals surface area contributed by atoms with Crippen molar-refractivity contribution >= 4 is 5.69 Å². The number of rotatable bonds is 3. The summed E-state index contributed by atoms with van der Waals surface area (Å²) in [6.45, 7) is 8.52. The molecule has 0 atom stereocenters. The molecule has 0 N–H and O–H groups in total. The van der Waals surface area contributed by atoms with Crippen molar-refractivity contribution < 1.29 is 4.39 Å². The van der Waals surface area contributed by atoms with E-state index in [2.05, 4.69) is 27.7 Å². The average Bonchev–Trinajstić information content (AvgIpc) is 2.15. The van der Waals surface area contributed by atoms with Gasteiger partial charge in [0.05, 0.1) is 5.69 Å². The van der Waals surface area contributed by atoms with Gasteiger partial charge in [-0.3, -0.25) is 0 Å². The minimum absolute atomic E-state index is 0.127. The van der Waals surface area contributed by atoms with Crippen molar-refractivity contribution in [2.45, 2.75) is 39.5 Å². The first-order chi connectivity index (χ1) is 7.34. The third-order valence-electron chi connectivity index (χ3n) is 2.88. The van der Waals surface area contributed by atoms with Crippen LogP contribution in [0.5, 0.6) is 0 Å². The lowest BCUT2D eigenvalue weighted by Crippen LogP contribution is -2.12. The summed E-state index contributed by atoms with van der Waals surface area (Å²) in [4.78, 5) is 1.82. The molecule has 0 aromatic heterocycles. The number of anilines is 1. The van der Waals surface area contributed by atoms with E-state index in [1.165, 1.54) is 5.56 Å². The van der Waals surface area contributed by atoms with Gasteiger partial charge in [-0.15, -0.1) is 0 Å². The van der Waals surface area contributed by atoms with E-state index in [0.717, 1.165) is 5.56 Å². The third-order valence-corrected chi connectivity index (χ3v) is 2.88. The quantitative estimate of drug-likeness (QED) is 0.744. The van der Waals surface area contributed by atoms with E-state index in [9.17, 15) is 4.39 Å². The first kappa shape index (κ1) is 13.0. The van der Waals surface area contributed by atoms with Gasteiger partial charge in [0.2, 0.25) is 0 Å². The number of nitrogens with zero attached hydrogens (tertiary/aromatic N) is 1. The van der Waals surface area contributed by atoms with E-state index in [4.69, 9.17) is 0 Å². The van der Waals surface area contributed by atoms with Crippen molar-refractivity contribution in [3.63, 3.8) is 0 Å². The molecule has 0 aliphatic heterocycles. The first-order valence-electron chi connectivity index (χ1n) is 5.85. The van der Waals surface area contributed by atoms with Crippen LogP contribution in [0.3, 0.4) is 0 Å². The molecule has 0 amide bonds. The van der Waals surface area contributed by atoms with Gasteiger partial charge in [0, 0.05) is 14.1 Å². The smallest absolute Gasteiger partial charge is 0.146 e. The Hall–Kier alpha value is -1.05. The summed E-state index contributed by atoms with van der Waals surface area (Å²) in [6, 6.07) is 3.67. The number of halogens is 1. The molecule has 0 radical (unpaired) electrons. The van der Waals surface area contributed by atoms with Gasteiger partial charge in [0.15, 0.2) is 0 Å². The van der Waals surface area contributed by atoms with E-state index in [1.807, 2.05) is 25.1 Å². The Bertz CT molecular complexity index is 367. The molecule has 0 spiro atoms. The predicted octanol–water partition coefficient (Wildman–Crippen LogP) is 4.14. The summed E-state index contributed by atoms with van der Waals surface area (Å²) >= 11 is 0. The van der Waals surface area contributed by atoms with Crippen molar-refractivity contribution in [2.75, 3.05) is 19.0 Å². The van der Waals surface area contributed by atoms with Gasteiger partial charge in [0.25, 0.3) is 0 Å². The fraction of sp³-hybridized carbons (Fsp3) is 0.571. The van der Waals surface area contributed by atoms with E-state index < -0.39 is 0 Å². The van der Waals surface area contributed by atoms with Crippen LogP contribution in [0, 0.1) is 5.82 Å². The topological polar surface area (TPSA) is 3.24 Å². The average molecular weight is 223 g/mol. The molecule has 90 valence electrons. The number of hydrogen-bond donors (Lipinski definition) is 0. The second kappa shape index (κ2) is 4.86. The molecule has 0 unspecified atom stereocenters. The molecule has 0 heterocycles. The molecule has 2 heteroatoms. The molecule has 0 saturated heterocycles. The Morgan fingerprint density at radius 1 is 0.938 bits per heavy atom. The molecular weight excluding hydrogens is 201 g/mol. The maximum Gasteiger partial charge on any atom is 0.146 e. The molecule has 1 aromatic carbocycles. The number of hydrogen-bond acceptors (Lipinski definition) is 1. The van der Waals surface area contributed by atoms with Crippen LogP contribution in [0.4, 0.5) is 10.1 Å². The Kier molecular flexibility index (Phi) is 3.95. The van der Waals surface area contributed by atoms with Gasteiger partial charge in [-0.25, -0.2) is 4.39 Å². The zero-order valence-electron chi connectivity index (χ0n) is 11.1. The minimum Gasteiger partial charge on any atom is -0.375 e. The largest absolute Gasteiger partial charge is 0.375 e. The molecule has 0 bridgehead atoms. The second-order valence-electron chi connectivity index (χ2n) is 5.14. The summed E-state index contributed by atoms with van der Waals surface area (Å²) in [6.07, 6.45) is 0. The van der Waals surface area contributed by atoms with Gasteiger partial charge in [-0.05, 0) is 35.1 Å². The summed E-state index contributed by atoms with van der Waals surface area (Å²) < 4.78 is 13.9. The standard InChI is InChI=1S/C14H22FN/c1-9(2)11-7-13(15)14(16(5)6)8-12(11)10(3)4/h7-10H,1-6H3. The van der Waals surface area contributed by atoms with Crippen LogP contribution in [0.25, 0.3) is 0 Å². The molecular formula is C14H22FN. The Morgan fingerprint density at radius 3 is 1.75 bits per heavy atom. The molecule has 0 aliphatic carbocycles. The molecule has 1 rings (SSSR count). The maximum atomic E-state index is 13.9. The van der Waals surface area contributed by atoms with Crippen molar-refractivity contribution in [3.05, 3.63) is 29.1 Å². The lowest BCUT2D eigenvalue weighted by molar-refractivity contribution is 0.618. The fourth-order valence-corrected chi connectivity index (χ4v) is 1.94. The zero-order valence-corrected chi connectivity index (χ0v) is 11.1. The van der Waals surface area contributed by atoms with E-state index >= 15 is 0 Å². The molecule has 1 nitrogen and oxygen atoms in total. The van der Waals surface area contributed by atoms with Crippen LogP contribution in [0.1, 0.15) is 50.7 Å². The summed E-state index contributed by atoms with van der Waals surface area (Å²) in [5.74, 6) is 0.665. The van der Waals surface area contributed by atoms with Crippen LogP contribution in [-0.4, -0.2) is 14.1 Å². The van der Waals surface area contributed by atoms with E-state index in [0.29, 0.717) is 17.5 Å². The monoisotopic (exact) mass is 223 g/mol. The lowest BCUT2D eigenvalue weighted by Gasteiger charge is -2.21. The van der Waals surface area contributed by atoms with Crippen molar-refractivity contribution in [1.29, 1.82) is 0 Å². The summed E-state index contributed by atoms with van der Waals surface area (Å²) in [7, 11) is 3.75. The lowest BCUT2D eigenvalue weighted by atomic mass is 9.90. The van der Waals surface area contributed by atoms with Crippen molar-refractivity contribution in [3.8, 4) is 0 Å². The van der Waals surface area contributed by atoms with Gasteiger partial charge < -0.3 is 4.90 Å². The molecule has 0 fully saturated rings. The molecule has 16 heavy (non-hydrogen) atoms. The molecule has 1 aromatic rings. The third kappa shape index (κ3) is 2.55. The second-order valence-corrected chi connectivity index (χ2v) is 5.14. The van der Waals surface area contributed by atoms with Crippen LogP contribution in [-0.2, 0) is 0 Å². The highest BCUT2D eigenvalue weighted by molar-refractivity contribution is 5.52. The van der Waals surface area contributed by atoms with Crippen LogP contribution in [0.2, 0.25) is 0 Å².